The molecular formula is C29H31ClN4O6. The largest absolute Gasteiger partial charge is 0.493 e. The lowest BCUT2D eigenvalue weighted by atomic mass is 9.90. The van der Waals surface area contributed by atoms with E-state index in [0.717, 1.165) is 25.7 Å². The van der Waals surface area contributed by atoms with Gasteiger partial charge in [0.15, 0.2) is 11.5 Å². The molecule has 4 rings (SSSR count). The predicted molar refractivity (Wildman–Crippen MR) is 152 cm³/mol. The molecule has 40 heavy (non-hydrogen) atoms. The van der Waals surface area contributed by atoms with E-state index in [1.165, 1.54) is 38.5 Å². The number of nitro groups is 1. The van der Waals surface area contributed by atoms with Crippen LogP contribution in [0.5, 0.6) is 11.5 Å². The Balaban J connectivity index is 1.59. The number of amides is 2. The minimum absolute atomic E-state index is 0.0465. The molecule has 2 amide bonds. The molecule has 0 radical (unpaired) electrons. The molecule has 0 heterocycles. The molecule has 0 spiro atoms. The van der Waals surface area contributed by atoms with Crippen LogP contribution in [0.4, 0.5) is 11.4 Å². The van der Waals surface area contributed by atoms with Gasteiger partial charge in [0.2, 0.25) is 0 Å². The Hall–Kier alpha value is -4.15. The summed E-state index contributed by atoms with van der Waals surface area (Å²) in [5.74, 6) is 0.363. The SMILES string of the molecule is COc1ccc(C(=O)N(Cc2cc(NC(=O)c3ccc([N+](=O)[O-])cc3)ccc2Cl)C2CCC(N)CC2)cc1OC. The zero-order valence-corrected chi connectivity index (χ0v) is 23.0. The summed E-state index contributed by atoms with van der Waals surface area (Å²) in [5.41, 5.74) is 7.89. The molecule has 3 N–H and O–H groups in total. The van der Waals surface area contributed by atoms with E-state index in [2.05, 4.69) is 5.32 Å². The molecule has 3 aromatic rings. The smallest absolute Gasteiger partial charge is 0.269 e. The fraction of sp³-hybridized carbons (Fsp3) is 0.310. The van der Waals surface area contributed by atoms with Crippen molar-refractivity contribution < 1.29 is 24.0 Å². The molecule has 1 saturated carbocycles. The number of anilines is 1. The van der Waals surface area contributed by atoms with E-state index in [9.17, 15) is 19.7 Å². The number of rotatable bonds is 9. The summed E-state index contributed by atoms with van der Waals surface area (Å²) in [5, 5.41) is 14.2. The summed E-state index contributed by atoms with van der Waals surface area (Å²) >= 11 is 6.57. The zero-order chi connectivity index (χ0) is 28.8. The number of ether oxygens (including phenoxy) is 2. The zero-order valence-electron chi connectivity index (χ0n) is 22.3. The van der Waals surface area contributed by atoms with Crippen molar-refractivity contribution in [2.24, 2.45) is 5.73 Å². The summed E-state index contributed by atoms with van der Waals surface area (Å²) in [6.07, 6.45) is 3.13. The van der Waals surface area contributed by atoms with Crippen molar-refractivity contribution in [3.63, 3.8) is 0 Å². The van der Waals surface area contributed by atoms with Crippen LogP contribution in [0, 0.1) is 10.1 Å². The van der Waals surface area contributed by atoms with Crippen LogP contribution in [-0.4, -0.2) is 47.9 Å². The van der Waals surface area contributed by atoms with Crippen molar-refractivity contribution in [1.29, 1.82) is 0 Å². The van der Waals surface area contributed by atoms with E-state index in [0.29, 0.717) is 33.3 Å². The highest BCUT2D eigenvalue weighted by molar-refractivity contribution is 6.31. The fourth-order valence-corrected chi connectivity index (χ4v) is 4.99. The topological polar surface area (TPSA) is 137 Å². The highest BCUT2D eigenvalue weighted by atomic mass is 35.5. The second-order valence-electron chi connectivity index (χ2n) is 9.64. The van der Waals surface area contributed by atoms with Gasteiger partial charge in [-0.1, -0.05) is 11.6 Å². The van der Waals surface area contributed by atoms with Crippen molar-refractivity contribution >= 4 is 34.8 Å². The molecule has 210 valence electrons. The number of benzene rings is 3. The van der Waals surface area contributed by atoms with E-state index < -0.39 is 10.8 Å². The van der Waals surface area contributed by atoms with Crippen LogP contribution in [0.1, 0.15) is 52.0 Å². The molecule has 11 heteroatoms. The quantitative estimate of drug-likeness (QED) is 0.260. The van der Waals surface area contributed by atoms with Crippen LogP contribution < -0.4 is 20.5 Å². The molecule has 10 nitrogen and oxygen atoms in total. The number of non-ortho nitro benzene ring substituents is 1. The van der Waals surface area contributed by atoms with Crippen molar-refractivity contribution in [3.8, 4) is 11.5 Å². The average Bonchev–Trinajstić information content (AvgIpc) is 2.97. The van der Waals surface area contributed by atoms with Crippen LogP contribution in [0.25, 0.3) is 0 Å². The molecule has 0 aliphatic heterocycles. The molecule has 1 aliphatic rings. The van der Waals surface area contributed by atoms with Crippen molar-refractivity contribution in [2.45, 2.75) is 44.3 Å². The number of carbonyl (C=O) groups excluding carboxylic acids is 2. The van der Waals surface area contributed by atoms with E-state index in [1.54, 1.807) is 41.3 Å². The number of carbonyl (C=O) groups is 2. The molecule has 0 bridgehead atoms. The van der Waals surface area contributed by atoms with E-state index in [4.69, 9.17) is 26.8 Å². The number of methoxy groups -OCH3 is 2. The Morgan fingerprint density at radius 2 is 1.62 bits per heavy atom. The molecule has 0 aromatic heterocycles. The Morgan fingerprint density at radius 3 is 2.25 bits per heavy atom. The Labute approximate surface area is 237 Å². The number of halogens is 1. The summed E-state index contributed by atoms with van der Waals surface area (Å²) in [6, 6.07) is 15.5. The van der Waals surface area contributed by atoms with Gasteiger partial charge in [-0.05, 0) is 79.8 Å². The molecule has 1 aliphatic carbocycles. The normalized spacial score (nSPS) is 16.6. The minimum Gasteiger partial charge on any atom is -0.493 e. The van der Waals surface area contributed by atoms with Gasteiger partial charge >= 0.3 is 0 Å². The summed E-state index contributed by atoms with van der Waals surface area (Å²) in [7, 11) is 3.05. The first-order valence-electron chi connectivity index (χ1n) is 12.8. The average molecular weight is 567 g/mol. The second kappa shape index (κ2) is 12.8. The van der Waals surface area contributed by atoms with Gasteiger partial charge in [0, 0.05) is 52.6 Å². The third kappa shape index (κ3) is 6.70. The predicted octanol–water partition coefficient (Wildman–Crippen LogP) is 5.43. The first-order valence-corrected chi connectivity index (χ1v) is 13.2. The Bertz CT molecular complexity index is 1390. The van der Waals surface area contributed by atoms with Crippen molar-refractivity contribution in [3.05, 3.63) is 92.5 Å². The highest BCUT2D eigenvalue weighted by Gasteiger charge is 2.30. The maximum atomic E-state index is 13.9. The van der Waals surface area contributed by atoms with Crippen molar-refractivity contribution in [2.75, 3.05) is 19.5 Å². The highest BCUT2D eigenvalue weighted by Crippen LogP contribution is 2.32. The molecule has 0 atom stereocenters. The first kappa shape index (κ1) is 28.8. The minimum atomic E-state index is -0.526. The first-order chi connectivity index (χ1) is 19.2. The molecule has 3 aromatic carbocycles. The van der Waals surface area contributed by atoms with Gasteiger partial charge in [0.1, 0.15) is 0 Å². The Morgan fingerprint density at radius 1 is 0.975 bits per heavy atom. The third-order valence-electron chi connectivity index (χ3n) is 7.06. The molecular weight excluding hydrogens is 536 g/mol. The monoisotopic (exact) mass is 566 g/mol. The number of nitro benzene ring substituents is 1. The summed E-state index contributed by atoms with van der Waals surface area (Å²) in [4.78, 5) is 38.8. The van der Waals surface area contributed by atoms with E-state index in [-0.39, 0.29) is 35.8 Å². The van der Waals surface area contributed by atoms with Gasteiger partial charge in [0.25, 0.3) is 17.5 Å². The van der Waals surface area contributed by atoms with Gasteiger partial charge in [-0.2, -0.15) is 0 Å². The fourth-order valence-electron chi connectivity index (χ4n) is 4.81. The Kier molecular flexibility index (Phi) is 9.23. The summed E-state index contributed by atoms with van der Waals surface area (Å²) < 4.78 is 10.7. The van der Waals surface area contributed by atoms with Crippen LogP contribution >= 0.6 is 11.6 Å². The van der Waals surface area contributed by atoms with Crippen LogP contribution in [0.3, 0.4) is 0 Å². The lowest BCUT2D eigenvalue weighted by molar-refractivity contribution is -0.384. The van der Waals surface area contributed by atoms with E-state index >= 15 is 0 Å². The second-order valence-corrected chi connectivity index (χ2v) is 10.0. The van der Waals surface area contributed by atoms with Gasteiger partial charge in [-0.3, -0.25) is 19.7 Å². The standard InChI is InChI=1S/C29H31ClN4O6/c1-39-26-14-5-19(16-27(26)40-2)29(36)33(23-11-6-21(31)7-12-23)17-20-15-22(8-13-25(20)30)32-28(35)18-3-9-24(10-4-18)34(37)38/h3-5,8-10,13-16,21,23H,6-7,11-12,17,31H2,1-2H3,(H,32,35). The lowest BCUT2D eigenvalue weighted by Crippen LogP contribution is -2.44. The van der Waals surface area contributed by atoms with Crippen molar-refractivity contribution in [1.82, 2.24) is 4.90 Å². The number of nitrogens with one attached hydrogen (secondary N) is 1. The van der Waals surface area contributed by atoms with Crippen LogP contribution in [0.15, 0.2) is 60.7 Å². The van der Waals surface area contributed by atoms with Gasteiger partial charge in [-0.15, -0.1) is 0 Å². The number of hydrogen-bond donors (Lipinski definition) is 2. The number of hydrogen-bond acceptors (Lipinski definition) is 7. The third-order valence-corrected chi connectivity index (χ3v) is 7.43. The number of nitrogens with two attached hydrogens (primary N) is 1. The van der Waals surface area contributed by atoms with Gasteiger partial charge < -0.3 is 25.4 Å². The lowest BCUT2D eigenvalue weighted by Gasteiger charge is -2.36. The summed E-state index contributed by atoms with van der Waals surface area (Å²) in [6.45, 7) is 0.215. The maximum Gasteiger partial charge on any atom is 0.269 e. The molecule has 1 fully saturated rings. The van der Waals surface area contributed by atoms with E-state index in [1.807, 2.05) is 0 Å². The number of nitrogens with zero attached hydrogens (tertiary/aromatic N) is 2. The van der Waals surface area contributed by atoms with Crippen LogP contribution in [0.2, 0.25) is 5.02 Å². The van der Waals surface area contributed by atoms with Gasteiger partial charge in [0.05, 0.1) is 19.1 Å². The molecule has 0 saturated heterocycles. The van der Waals surface area contributed by atoms with Crippen LogP contribution in [-0.2, 0) is 6.54 Å². The maximum absolute atomic E-state index is 13.9. The molecule has 0 unspecified atom stereocenters. The van der Waals surface area contributed by atoms with Gasteiger partial charge in [-0.25, -0.2) is 0 Å².